The van der Waals surface area contributed by atoms with Crippen molar-refractivity contribution < 1.29 is 24.4 Å². The van der Waals surface area contributed by atoms with Crippen LogP contribution in [0.5, 0.6) is 5.75 Å². The van der Waals surface area contributed by atoms with Gasteiger partial charge in [-0.3, -0.25) is 40.5 Å². The molecular formula is C32H34N4O9. The molecule has 4 rings (SSSR count). The van der Waals surface area contributed by atoms with Crippen molar-refractivity contribution in [3.63, 3.8) is 0 Å². The molecule has 45 heavy (non-hydrogen) atoms. The summed E-state index contributed by atoms with van der Waals surface area (Å²) in [4.78, 5) is 44.0. The molecule has 0 heterocycles. The molecule has 0 unspecified atom stereocenters. The molecular weight excluding hydrogens is 584 g/mol. The minimum Gasteiger partial charge on any atom is -0.494 e. The molecule has 13 heteroatoms. The predicted octanol–water partition coefficient (Wildman–Crippen LogP) is 9.19. The molecule has 0 saturated heterocycles. The maximum atomic E-state index is 12.0. The Labute approximate surface area is 259 Å². The smallest absolute Gasteiger partial charge is 0.284 e. The lowest BCUT2D eigenvalue weighted by atomic mass is 10.00. The van der Waals surface area contributed by atoms with Gasteiger partial charge in [-0.05, 0) is 35.8 Å². The summed E-state index contributed by atoms with van der Waals surface area (Å²) in [6.07, 6.45) is 13.7. The number of benzene rings is 3. The van der Waals surface area contributed by atoms with Gasteiger partial charge in [-0.1, -0.05) is 76.8 Å². The van der Waals surface area contributed by atoms with Gasteiger partial charge < -0.3 is 4.74 Å². The topological polar surface area (TPSA) is 182 Å². The maximum Gasteiger partial charge on any atom is 0.284 e. The summed E-state index contributed by atoms with van der Waals surface area (Å²) in [7, 11) is 0. The van der Waals surface area contributed by atoms with Crippen LogP contribution < -0.4 is 4.74 Å². The highest BCUT2D eigenvalue weighted by Crippen LogP contribution is 2.54. The van der Waals surface area contributed by atoms with Crippen molar-refractivity contribution >= 4 is 34.4 Å². The minimum absolute atomic E-state index is 0.00390. The van der Waals surface area contributed by atoms with Crippen LogP contribution in [0.4, 0.5) is 22.7 Å². The number of nitro benzene ring substituents is 4. The largest absolute Gasteiger partial charge is 0.494 e. The lowest BCUT2D eigenvalue weighted by Gasteiger charge is -2.08. The molecule has 0 atom stereocenters. The first-order valence-corrected chi connectivity index (χ1v) is 15.0. The van der Waals surface area contributed by atoms with Crippen molar-refractivity contribution in [3.05, 3.63) is 106 Å². The molecule has 0 aromatic heterocycles. The molecule has 1 aliphatic rings. The Morgan fingerprint density at radius 3 is 1.47 bits per heavy atom. The van der Waals surface area contributed by atoms with E-state index in [2.05, 4.69) is 6.92 Å². The van der Waals surface area contributed by atoms with Gasteiger partial charge in [-0.25, -0.2) is 0 Å². The fraction of sp³-hybridized carbons (Fsp3) is 0.375. The highest BCUT2D eigenvalue weighted by molar-refractivity contribution is 6.12. The summed E-state index contributed by atoms with van der Waals surface area (Å²) in [6.45, 7) is 2.77. The normalized spacial score (nSPS) is 11.5. The maximum absolute atomic E-state index is 12.0. The number of fused-ring (bicyclic) bond motifs is 3. The third-order valence-electron chi connectivity index (χ3n) is 7.81. The minimum atomic E-state index is -0.857. The van der Waals surface area contributed by atoms with Gasteiger partial charge in [0.05, 0.1) is 49.6 Å². The van der Waals surface area contributed by atoms with Gasteiger partial charge >= 0.3 is 0 Å². The zero-order valence-electron chi connectivity index (χ0n) is 24.9. The lowest BCUT2D eigenvalue weighted by Crippen LogP contribution is -1.99. The summed E-state index contributed by atoms with van der Waals surface area (Å²) in [6, 6.07) is 10.5. The molecule has 236 valence electrons. The van der Waals surface area contributed by atoms with E-state index in [0.29, 0.717) is 17.9 Å². The van der Waals surface area contributed by atoms with E-state index in [1.807, 2.05) is 0 Å². The van der Waals surface area contributed by atoms with E-state index in [4.69, 9.17) is 4.74 Å². The number of non-ortho nitro benzene ring substituents is 2. The third-order valence-corrected chi connectivity index (χ3v) is 7.81. The molecule has 3 aromatic carbocycles. The van der Waals surface area contributed by atoms with Crippen LogP contribution in [-0.4, -0.2) is 26.3 Å². The molecule has 0 saturated carbocycles. The number of nitrogens with zero attached hydrogens (tertiary/aromatic N) is 4. The monoisotopic (exact) mass is 618 g/mol. The second-order valence-corrected chi connectivity index (χ2v) is 11.0. The van der Waals surface area contributed by atoms with Crippen molar-refractivity contribution in [3.8, 4) is 16.9 Å². The molecule has 0 aliphatic heterocycles. The molecule has 0 bridgehead atoms. The number of unbranched alkanes of at least 4 members (excludes halogenated alkanes) is 9. The van der Waals surface area contributed by atoms with E-state index < -0.39 is 42.4 Å². The summed E-state index contributed by atoms with van der Waals surface area (Å²) < 4.78 is 5.86. The van der Waals surface area contributed by atoms with E-state index in [1.54, 1.807) is 24.3 Å². The SMILES string of the molecule is CCCCCCCCCCCCOc1ccc(C=C2c3cc([N+](=O)[O-])cc([N+](=O)[O-])c3-c3c2cc([N+](=O)[O-])cc3[N+](=O)[O-])cc1. The van der Waals surface area contributed by atoms with Crippen molar-refractivity contribution in [2.24, 2.45) is 0 Å². The standard InChI is InChI=1S/C32H34N4O9/c1-2-3-4-5-6-7-8-9-10-11-16-45-25-14-12-22(13-15-25)17-26-27-18-23(33(37)38)20-29(35(41)42)31(27)32-28(26)19-24(34(39)40)21-30(32)36(43)44/h12-15,17-21H,2-11,16H2,1H3. The Morgan fingerprint density at radius 2 is 1.04 bits per heavy atom. The van der Waals surface area contributed by atoms with Crippen molar-refractivity contribution in [1.29, 1.82) is 0 Å². The first kappa shape index (κ1) is 32.7. The van der Waals surface area contributed by atoms with Crippen LogP contribution in [0.15, 0.2) is 48.5 Å². The highest BCUT2D eigenvalue weighted by Gasteiger charge is 2.40. The average Bonchev–Trinajstić information content (AvgIpc) is 3.32. The Hall–Kier alpha value is -5.20. The molecule has 1 aliphatic carbocycles. The van der Waals surface area contributed by atoms with Crippen molar-refractivity contribution in [1.82, 2.24) is 0 Å². The lowest BCUT2D eigenvalue weighted by molar-refractivity contribution is -0.395. The van der Waals surface area contributed by atoms with E-state index in [9.17, 15) is 40.5 Å². The van der Waals surface area contributed by atoms with Crippen LogP contribution in [0.3, 0.4) is 0 Å². The van der Waals surface area contributed by atoms with Gasteiger partial charge in [-0.2, -0.15) is 0 Å². The Morgan fingerprint density at radius 1 is 0.600 bits per heavy atom. The van der Waals surface area contributed by atoms with Gasteiger partial charge in [0.1, 0.15) is 5.75 Å². The quantitative estimate of drug-likeness (QED) is 0.0632. The zero-order valence-corrected chi connectivity index (χ0v) is 24.9. The van der Waals surface area contributed by atoms with Crippen LogP contribution in [0.1, 0.15) is 87.8 Å². The molecule has 13 nitrogen and oxygen atoms in total. The molecule has 0 N–H and O–H groups in total. The van der Waals surface area contributed by atoms with Crippen LogP contribution in [0, 0.1) is 40.5 Å². The molecule has 0 amide bonds. The fourth-order valence-corrected chi connectivity index (χ4v) is 5.58. The van der Waals surface area contributed by atoms with Gasteiger partial charge in [0, 0.05) is 23.3 Å². The van der Waals surface area contributed by atoms with Crippen molar-refractivity contribution in [2.75, 3.05) is 6.61 Å². The number of ether oxygens (including phenoxy) is 1. The summed E-state index contributed by atoms with van der Waals surface area (Å²) in [5.74, 6) is 0.623. The molecule has 0 spiro atoms. The fourth-order valence-electron chi connectivity index (χ4n) is 5.58. The first-order chi connectivity index (χ1) is 21.6. The van der Waals surface area contributed by atoms with E-state index >= 15 is 0 Å². The first-order valence-electron chi connectivity index (χ1n) is 15.0. The molecule has 3 aromatic rings. The van der Waals surface area contributed by atoms with Crippen molar-refractivity contribution in [2.45, 2.75) is 71.1 Å². The average molecular weight is 619 g/mol. The van der Waals surface area contributed by atoms with Gasteiger partial charge in [-0.15, -0.1) is 0 Å². The zero-order chi connectivity index (χ0) is 32.5. The van der Waals surface area contributed by atoms with Crippen LogP contribution in [0.25, 0.3) is 22.8 Å². The van der Waals surface area contributed by atoms with E-state index in [1.165, 1.54) is 57.4 Å². The van der Waals surface area contributed by atoms with Gasteiger partial charge in [0.15, 0.2) is 0 Å². The molecule has 0 fully saturated rings. The number of rotatable bonds is 17. The van der Waals surface area contributed by atoms with Crippen LogP contribution in [0.2, 0.25) is 0 Å². The summed E-state index contributed by atoms with van der Waals surface area (Å²) in [5, 5.41) is 47.3. The molecule has 0 radical (unpaired) electrons. The second kappa shape index (κ2) is 15.0. The van der Waals surface area contributed by atoms with E-state index in [-0.39, 0.29) is 27.8 Å². The van der Waals surface area contributed by atoms with Gasteiger partial charge in [0.25, 0.3) is 22.7 Å². The summed E-state index contributed by atoms with van der Waals surface area (Å²) >= 11 is 0. The Balaban J connectivity index is 1.57. The predicted molar refractivity (Wildman–Crippen MR) is 169 cm³/mol. The number of hydrogen-bond acceptors (Lipinski definition) is 9. The number of hydrogen-bond donors (Lipinski definition) is 0. The van der Waals surface area contributed by atoms with Gasteiger partial charge in [0.2, 0.25) is 0 Å². The second-order valence-electron chi connectivity index (χ2n) is 11.0. The number of nitro groups is 4. The van der Waals surface area contributed by atoms with Crippen LogP contribution in [-0.2, 0) is 0 Å². The highest BCUT2D eigenvalue weighted by atomic mass is 16.6. The Kier molecular flexibility index (Phi) is 10.9. The third kappa shape index (κ3) is 7.85. The van der Waals surface area contributed by atoms with Crippen LogP contribution >= 0.6 is 0 Å². The summed E-state index contributed by atoms with van der Waals surface area (Å²) in [5.41, 5.74) is -2.32. The van der Waals surface area contributed by atoms with E-state index in [0.717, 1.165) is 37.1 Å². The Bertz CT molecular complexity index is 1550.